The van der Waals surface area contributed by atoms with Crippen molar-refractivity contribution < 1.29 is 19.1 Å². The highest BCUT2D eigenvalue weighted by Crippen LogP contribution is 2.37. The number of anilines is 2. The van der Waals surface area contributed by atoms with Crippen LogP contribution in [0.1, 0.15) is 29.2 Å². The van der Waals surface area contributed by atoms with E-state index in [4.69, 9.17) is 9.47 Å². The van der Waals surface area contributed by atoms with Gasteiger partial charge in [-0.15, -0.1) is 0 Å². The summed E-state index contributed by atoms with van der Waals surface area (Å²) >= 11 is 0. The molecule has 1 heterocycles. The number of nitrogens with one attached hydrogen (secondary N) is 1. The van der Waals surface area contributed by atoms with Crippen LogP contribution in [0.15, 0.2) is 60.7 Å². The van der Waals surface area contributed by atoms with Crippen LogP contribution in [-0.4, -0.2) is 24.5 Å². The summed E-state index contributed by atoms with van der Waals surface area (Å²) in [4.78, 5) is 27.2. The molecule has 0 radical (unpaired) electrons. The monoisotopic (exact) mass is 444 g/mol. The molecule has 0 saturated carbocycles. The fraction of sp³-hybridized carbons (Fsp3) is 0.259. The molecular formula is C27H28N2O4. The van der Waals surface area contributed by atoms with E-state index in [2.05, 4.69) is 5.32 Å². The number of hydrogen-bond donors (Lipinski definition) is 1. The standard InChI is InChI=1S/C27H28N2O4/c1-17-9-7-11-24(19(17)3)32-16-26(30)28-22-12-13-25-23(14-22)29(27(31)20(4)33-25)15-21-10-6-5-8-18(21)2/h5-14,20H,15-16H2,1-4H3,(H,28,30). The summed E-state index contributed by atoms with van der Waals surface area (Å²) in [6.45, 7) is 8.06. The van der Waals surface area contributed by atoms with Gasteiger partial charge in [0.05, 0.1) is 12.2 Å². The van der Waals surface area contributed by atoms with Gasteiger partial charge in [-0.3, -0.25) is 9.59 Å². The molecule has 4 rings (SSSR count). The molecule has 33 heavy (non-hydrogen) atoms. The summed E-state index contributed by atoms with van der Waals surface area (Å²) in [6, 6.07) is 19.1. The maximum atomic E-state index is 12.9. The second-order valence-electron chi connectivity index (χ2n) is 8.33. The van der Waals surface area contributed by atoms with Crippen LogP contribution in [-0.2, 0) is 16.1 Å². The minimum Gasteiger partial charge on any atom is -0.483 e. The molecule has 0 aromatic heterocycles. The van der Waals surface area contributed by atoms with Crippen LogP contribution in [0.3, 0.4) is 0 Å². The third-order valence-corrected chi connectivity index (χ3v) is 5.95. The zero-order valence-corrected chi connectivity index (χ0v) is 19.3. The average Bonchev–Trinajstić information content (AvgIpc) is 2.79. The molecule has 1 atom stereocenters. The van der Waals surface area contributed by atoms with Crippen molar-refractivity contribution in [2.45, 2.75) is 40.3 Å². The maximum Gasteiger partial charge on any atom is 0.268 e. The van der Waals surface area contributed by atoms with E-state index in [0.29, 0.717) is 29.4 Å². The van der Waals surface area contributed by atoms with Gasteiger partial charge in [-0.05, 0) is 74.2 Å². The van der Waals surface area contributed by atoms with Crippen LogP contribution in [0.4, 0.5) is 11.4 Å². The number of fused-ring (bicyclic) bond motifs is 1. The molecule has 2 amide bonds. The lowest BCUT2D eigenvalue weighted by Gasteiger charge is -2.33. The predicted octanol–water partition coefficient (Wildman–Crippen LogP) is 4.94. The van der Waals surface area contributed by atoms with E-state index in [-0.39, 0.29) is 18.4 Å². The third-order valence-electron chi connectivity index (χ3n) is 5.95. The number of ether oxygens (including phenoxy) is 2. The fourth-order valence-corrected chi connectivity index (χ4v) is 3.83. The minimum atomic E-state index is -0.576. The molecule has 1 N–H and O–H groups in total. The zero-order valence-electron chi connectivity index (χ0n) is 19.3. The van der Waals surface area contributed by atoms with Gasteiger partial charge in [0, 0.05) is 5.69 Å². The minimum absolute atomic E-state index is 0.110. The van der Waals surface area contributed by atoms with E-state index in [1.165, 1.54) is 0 Å². The summed E-state index contributed by atoms with van der Waals surface area (Å²) in [5.41, 5.74) is 5.49. The zero-order chi connectivity index (χ0) is 23.5. The highest BCUT2D eigenvalue weighted by Gasteiger charge is 2.32. The molecule has 1 aliphatic rings. The Morgan fingerprint density at radius 3 is 2.58 bits per heavy atom. The van der Waals surface area contributed by atoms with Crippen LogP contribution in [0, 0.1) is 20.8 Å². The number of hydrogen-bond acceptors (Lipinski definition) is 4. The third kappa shape index (κ3) is 4.85. The van der Waals surface area contributed by atoms with Crippen molar-refractivity contribution in [3.8, 4) is 11.5 Å². The van der Waals surface area contributed by atoms with Gasteiger partial charge in [-0.25, -0.2) is 0 Å². The lowest BCUT2D eigenvalue weighted by atomic mass is 10.1. The van der Waals surface area contributed by atoms with Gasteiger partial charge in [-0.2, -0.15) is 0 Å². The Hall–Kier alpha value is -3.80. The number of benzene rings is 3. The number of amides is 2. The molecular weight excluding hydrogens is 416 g/mol. The van der Waals surface area contributed by atoms with Crippen molar-refractivity contribution >= 4 is 23.2 Å². The Bertz CT molecular complexity index is 1200. The highest BCUT2D eigenvalue weighted by molar-refractivity contribution is 6.01. The first-order valence-electron chi connectivity index (χ1n) is 11.0. The molecule has 6 heteroatoms. The lowest BCUT2D eigenvalue weighted by molar-refractivity contribution is -0.125. The molecule has 1 aliphatic heterocycles. The number of aryl methyl sites for hydroxylation is 2. The SMILES string of the molecule is Cc1ccccc1CN1C(=O)C(C)Oc2ccc(NC(=O)COc3cccc(C)c3C)cc21. The van der Waals surface area contributed by atoms with E-state index in [9.17, 15) is 9.59 Å². The van der Waals surface area contributed by atoms with Gasteiger partial charge < -0.3 is 19.7 Å². The lowest BCUT2D eigenvalue weighted by Crippen LogP contribution is -2.44. The van der Waals surface area contributed by atoms with Gasteiger partial charge in [0.2, 0.25) is 0 Å². The molecule has 0 fully saturated rings. The van der Waals surface area contributed by atoms with Crippen LogP contribution < -0.4 is 19.7 Å². The summed E-state index contributed by atoms with van der Waals surface area (Å²) in [5, 5.41) is 2.86. The smallest absolute Gasteiger partial charge is 0.268 e. The predicted molar refractivity (Wildman–Crippen MR) is 129 cm³/mol. The van der Waals surface area contributed by atoms with Gasteiger partial charge in [0.15, 0.2) is 12.7 Å². The molecule has 0 saturated heterocycles. The van der Waals surface area contributed by atoms with Crippen LogP contribution in [0.2, 0.25) is 0 Å². The number of carbonyl (C=O) groups excluding carboxylic acids is 2. The van der Waals surface area contributed by atoms with Crippen molar-refractivity contribution in [1.82, 2.24) is 0 Å². The summed E-state index contributed by atoms with van der Waals surface area (Å²) in [5.74, 6) is 0.901. The van der Waals surface area contributed by atoms with Crippen molar-refractivity contribution in [3.05, 3.63) is 82.9 Å². The first-order valence-corrected chi connectivity index (χ1v) is 11.0. The highest BCUT2D eigenvalue weighted by atomic mass is 16.5. The van der Waals surface area contributed by atoms with Crippen LogP contribution >= 0.6 is 0 Å². The molecule has 0 aliphatic carbocycles. The van der Waals surface area contributed by atoms with Crippen molar-refractivity contribution in [2.24, 2.45) is 0 Å². The summed E-state index contributed by atoms with van der Waals surface area (Å²) < 4.78 is 11.5. The molecule has 0 bridgehead atoms. The first-order chi connectivity index (χ1) is 15.8. The van der Waals surface area contributed by atoms with Crippen LogP contribution in [0.25, 0.3) is 0 Å². The maximum absolute atomic E-state index is 12.9. The summed E-state index contributed by atoms with van der Waals surface area (Å²) in [7, 11) is 0. The molecule has 3 aromatic rings. The van der Waals surface area contributed by atoms with E-state index in [1.807, 2.05) is 63.2 Å². The molecule has 3 aromatic carbocycles. The van der Waals surface area contributed by atoms with E-state index >= 15 is 0 Å². The first kappa shape index (κ1) is 22.4. The Morgan fingerprint density at radius 1 is 1.03 bits per heavy atom. The number of rotatable bonds is 6. The molecule has 6 nitrogen and oxygen atoms in total. The number of nitrogens with zero attached hydrogens (tertiary/aromatic N) is 1. The largest absolute Gasteiger partial charge is 0.483 e. The second kappa shape index (κ2) is 9.36. The quantitative estimate of drug-likeness (QED) is 0.585. The topological polar surface area (TPSA) is 67.9 Å². The van der Waals surface area contributed by atoms with Gasteiger partial charge in [-0.1, -0.05) is 36.4 Å². The van der Waals surface area contributed by atoms with Crippen molar-refractivity contribution in [2.75, 3.05) is 16.8 Å². The van der Waals surface area contributed by atoms with Crippen molar-refractivity contribution in [3.63, 3.8) is 0 Å². The van der Waals surface area contributed by atoms with Gasteiger partial charge >= 0.3 is 0 Å². The van der Waals surface area contributed by atoms with E-state index in [0.717, 1.165) is 22.3 Å². The Balaban J connectivity index is 1.51. The molecule has 1 unspecified atom stereocenters. The molecule has 0 spiro atoms. The van der Waals surface area contributed by atoms with E-state index < -0.39 is 6.10 Å². The molecule has 170 valence electrons. The Labute approximate surface area is 194 Å². The fourth-order valence-electron chi connectivity index (χ4n) is 3.83. The average molecular weight is 445 g/mol. The van der Waals surface area contributed by atoms with Crippen molar-refractivity contribution in [1.29, 1.82) is 0 Å². The normalized spacial score (nSPS) is 15.0. The van der Waals surface area contributed by atoms with E-state index in [1.54, 1.807) is 30.0 Å². The van der Waals surface area contributed by atoms with Gasteiger partial charge in [0.1, 0.15) is 11.5 Å². The Kier molecular flexibility index (Phi) is 6.36. The van der Waals surface area contributed by atoms with Crippen LogP contribution in [0.5, 0.6) is 11.5 Å². The van der Waals surface area contributed by atoms with Gasteiger partial charge in [0.25, 0.3) is 11.8 Å². The Morgan fingerprint density at radius 2 is 1.79 bits per heavy atom. The second-order valence-corrected chi connectivity index (χ2v) is 8.33. The number of carbonyl (C=O) groups is 2. The summed E-state index contributed by atoms with van der Waals surface area (Å²) in [6.07, 6.45) is -0.576.